The Morgan fingerprint density at radius 2 is 1.94 bits per heavy atom. The molecule has 1 aliphatic rings. The quantitative estimate of drug-likeness (QED) is 0.742. The average Bonchev–Trinajstić information content (AvgIpc) is 2.72. The number of ether oxygens (including phenoxy) is 1. The summed E-state index contributed by atoms with van der Waals surface area (Å²) >= 11 is 0. The molecular weight excluding hydrogens is 216 g/mol. The van der Waals surface area contributed by atoms with Crippen molar-refractivity contribution in [3.05, 3.63) is 0 Å². The van der Waals surface area contributed by atoms with E-state index >= 15 is 0 Å². The van der Waals surface area contributed by atoms with Crippen molar-refractivity contribution in [1.82, 2.24) is 4.90 Å². The maximum Gasteiger partial charge on any atom is 0.149 e. The zero-order chi connectivity index (χ0) is 13.1. The Morgan fingerprint density at radius 3 is 2.35 bits per heavy atom. The molecule has 1 heterocycles. The highest BCUT2D eigenvalue weighted by atomic mass is 16.7. The molecule has 0 saturated carbocycles. The van der Waals surface area contributed by atoms with Crippen molar-refractivity contribution in [3.63, 3.8) is 0 Å². The third kappa shape index (κ3) is 2.92. The van der Waals surface area contributed by atoms with Gasteiger partial charge in [-0.25, -0.2) is 0 Å². The summed E-state index contributed by atoms with van der Waals surface area (Å²) in [6.45, 7) is 10.4. The maximum absolute atomic E-state index is 5.78. The molecule has 0 radical (unpaired) electrons. The van der Waals surface area contributed by atoms with Gasteiger partial charge in [0, 0.05) is 20.7 Å². The van der Waals surface area contributed by atoms with E-state index in [4.69, 9.17) is 9.57 Å². The minimum atomic E-state index is -0.142. The lowest BCUT2D eigenvalue weighted by atomic mass is 9.78. The minimum Gasteiger partial charge on any atom is -0.387 e. The van der Waals surface area contributed by atoms with Gasteiger partial charge < -0.3 is 14.5 Å². The molecule has 0 N–H and O–H groups in total. The Morgan fingerprint density at radius 1 is 1.35 bits per heavy atom. The van der Waals surface area contributed by atoms with Crippen LogP contribution in [0.5, 0.6) is 0 Å². The molecule has 4 nitrogen and oxygen atoms in total. The lowest BCUT2D eigenvalue weighted by Crippen LogP contribution is -2.42. The van der Waals surface area contributed by atoms with Crippen LogP contribution in [-0.4, -0.2) is 43.6 Å². The summed E-state index contributed by atoms with van der Waals surface area (Å²) in [5.41, 5.74) is -0.142. The molecule has 100 valence electrons. The van der Waals surface area contributed by atoms with E-state index in [0.29, 0.717) is 18.4 Å². The van der Waals surface area contributed by atoms with E-state index in [2.05, 4.69) is 37.8 Å². The van der Waals surface area contributed by atoms with Gasteiger partial charge in [0.1, 0.15) is 11.4 Å². The third-order valence-corrected chi connectivity index (χ3v) is 3.78. The number of amidine groups is 1. The highest BCUT2D eigenvalue weighted by Crippen LogP contribution is 2.38. The van der Waals surface area contributed by atoms with Crippen molar-refractivity contribution in [2.45, 2.75) is 39.7 Å². The normalized spacial score (nSPS) is 18.5. The van der Waals surface area contributed by atoms with Crippen molar-refractivity contribution in [2.24, 2.45) is 17.0 Å². The summed E-state index contributed by atoms with van der Waals surface area (Å²) in [7, 11) is 3.76. The lowest BCUT2D eigenvalue weighted by Gasteiger charge is -2.34. The molecule has 0 spiro atoms. The van der Waals surface area contributed by atoms with Crippen LogP contribution in [0.3, 0.4) is 0 Å². The Labute approximate surface area is 105 Å². The molecular formula is C13H26N2O2. The summed E-state index contributed by atoms with van der Waals surface area (Å²) in [6, 6.07) is 0. The molecule has 0 aromatic rings. The smallest absolute Gasteiger partial charge is 0.149 e. The zero-order valence-corrected chi connectivity index (χ0v) is 12.0. The zero-order valence-electron chi connectivity index (χ0n) is 12.0. The fourth-order valence-corrected chi connectivity index (χ4v) is 2.30. The van der Waals surface area contributed by atoms with Crippen LogP contribution in [0.2, 0.25) is 0 Å². The van der Waals surface area contributed by atoms with Gasteiger partial charge >= 0.3 is 0 Å². The molecule has 0 bridgehead atoms. The summed E-state index contributed by atoms with van der Waals surface area (Å²) in [4.78, 5) is 7.90. The Kier molecular flexibility index (Phi) is 4.80. The van der Waals surface area contributed by atoms with Crippen LogP contribution in [0.1, 0.15) is 34.1 Å². The second-order valence-electron chi connectivity index (χ2n) is 5.45. The first-order valence-corrected chi connectivity index (χ1v) is 6.39. The van der Waals surface area contributed by atoms with Gasteiger partial charge in [-0.15, -0.1) is 0 Å². The van der Waals surface area contributed by atoms with Gasteiger partial charge in [0.2, 0.25) is 0 Å². The van der Waals surface area contributed by atoms with Gasteiger partial charge in [-0.3, -0.25) is 0 Å². The van der Waals surface area contributed by atoms with Gasteiger partial charge in [-0.1, -0.05) is 32.9 Å². The summed E-state index contributed by atoms with van der Waals surface area (Å²) in [6.07, 6.45) is 0.891. The first-order valence-electron chi connectivity index (χ1n) is 6.39. The van der Waals surface area contributed by atoms with Gasteiger partial charge in [-0.05, 0) is 11.8 Å². The van der Waals surface area contributed by atoms with Gasteiger partial charge in [0.25, 0.3) is 0 Å². The topological polar surface area (TPSA) is 34.1 Å². The molecule has 0 unspecified atom stereocenters. The lowest BCUT2D eigenvalue weighted by molar-refractivity contribution is -0.0869. The molecule has 4 heteroatoms. The van der Waals surface area contributed by atoms with Crippen LogP contribution in [0.15, 0.2) is 5.16 Å². The molecule has 1 aliphatic heterocycles. The van der Waals surface area contributed by atoms with Crippen LogP contribution in [-0.2, 0) is 9.57 Å². The molecule has 0 aromatic carbocycles. The Balaban J connectivity index is 2.65. The van der Waals surface area contributed by atoms with Crippen LogP contribution < -0.4 is 0 Å². The van der Waals surface area contributed by atoms with Gasteiger partial charge in [0.15, 0.2) is 0 Å². The van der Waals surface area contributed by atoms with Crippen LogP contribution in [0.25, 0.3) is 0 Å². The van der Waals surface area contributed by atoms with Gasteiger partial charge in [-0.2, -0.15) is 0 Å². The van der Waals surface area contributed by atoms with E-state index in [9.17, 15) is 0 Å². The fraction of sp³-hybridized carbons (Fsp3) is 0.923. The first kappa shape index (κ1) is 14.3. The number of nitrogens with zero attached hydrogens (tertiary/aromatic N) is 2. The van der Waals surface area contributed by atoms with Crippen molar-refractivity contribution in [3.8, 4) is 0 Å². The predicted molar refractivity (Wildman–Crippen MR) is 70.1 cm³/mol. The monoisotopic (exact) mass is 242 g/mol. The number of hydrogen-bond acceptors (Lipinski definition) is 4. The molecule has 1 rings (SSSR count). The first-order chi connectivity index (χ1) is 7.94. The number of methoxy groups -OCH3 is 1. The number of oxime groups is 1. The van der Waals surface area contributed by atoms with Crippen LogP contribution in [0.4, 0.5) is 0 Å². The largest absolute Gasteiger partial charge is 0.387 e. The average molecular weight is 242 g/mol. The second kappa shape index (κ2) is 5.71. The summed E-state index contributed by atoms with van der Waals surface area (Å²) in [5, 5.41) is 4.27. The number of likely N-dealkylation sites (N-methyl/N-ethyl adjacent to an activating group) is 1. The van der Waals surface area contributed by atoms with E-state index in [1.165, 1.54) is 0 Å². The standard InChI is InChI=1S/C13H26N2O2/c1-10(2)13(11(3)4)9-12(14-17-13)15(5)7-8-16-6/h10-11H,7-9H2,1-6H3. The molecule has 17 heavy (non-hydrogen) atoms. The van der Waals surface area contributed by atoms with Crippen molar-refractivity contribution < 1.29 is 9.57 Å². The third-order valence-electron chi connectivity index (χ3n) is 3.78. The minimum absolute atomic E-state index is 0.142. The van der Waals surface area contributed by atoms with E-state index in [0.717, 1.165) is 18.8 Å². The van der Waals surface area contributed by atoms with Crippen molar-refractivity contribution in [2.75, 3.05) is 27.3 Å². The Hall–Kier alpha value is -0.770. The molecule has 0 aliphatic carbocycles. The van der Waals surface area contributed by atoms with E-state index in [-0.39, 0.29) is 5.60 Å². The van der Waals surface area contributed by atoms with E-state index < -0.39 is 0 Å². The number of rotatable bonds is 5. The van der Waals surface area contributed by atoms with E-state index in [1.54, 1.807) is 7.11 Å². The Bertz CT molecular complexity index is 267. The fourth-order valence-electron chi connectivity index (χ4n) is 2.30. The highest BCUT2D eigenvalue weighted by molar-refractivity contribution is 5.83. The maximum atomic E-state index is 5.78. The predicted octanol–water partition coefficient (Wildman–Crippen LogP) is 2.35. The number of hydrogen-bond donors (Lipinski definition) is 0. The van der Waals surface area contributed by atoms with Gasteiger partial charge in [0.05, 0.1) is 13.0 Å². The van der Waals surface area contributed by atoms with Crippen LogP contribution in [0, 0.1) is 11.8 Å². The van der Waals surface area contributed by atoms with Crippen molar-refractivity contribution >= 4 is 5.84 Å². The summed E-state index contributed by atoms with van der Waals surface area (Å²) in [5.74, 6) is 1.95. The summed E-state index contributed by atoms with van der Waals surface area (Å²) < 4.78 is 5.08. The molecule has 0 fully saturated rings. The molecule has 0 saturated heterocycles. The molecule has 0 amide bonds. The van der Waals surface area contributed by atoms with Crippen molar-refractivity contribution in [1.29, 1.82) is 0 Å². The molecule has 0 atom stereocenters. The second-order valence-corrected chi connectivity index (χ2v) is 5.45. The molecule has 0 aromatic heterocycles. The van der Waals surface area contributed by atoms with Crippen LogP contribution >= 0.6 is 0 Å². The SMILES string of the molecule is COCCN(C)C1=NOC(C(C)C)(C(C)C)C1. The van der Waals surface area contributed by atoms with E-state index in [1.807, 2.05) is 7.05 Å². The highest BCUT2D eigenvalue weighted by Gasteiger charge is 2.45.